The van der Waals surface area contributed by atoms with Gasteiger partial charge in [0, 0.05) is 5.92 Å². The third-order valence-corrected chi connectivity index (χ3v) is 3.35. The van der Waals surface area contributed by atoms with E-state index in [1.165, 1.54) is 0 Å². The average Bonchev–Trinajstić information content (AvgIpc) is 2.34. The van der Waals surface area contributed by atoms with Gasteiger partial charge in [0.25, 0.3) is 0 Å². The molecule has 0 aromatic heterocycles. The molecule has 0 saturated heterocycles. The predicted molar refractivity (Wildman–Crippen MR) is 57.6 cm³/mol. The topological polar surface area (TPSA) is 69.6 Å². The lowest BCUT2D eigenvalue weighted by Crippen LogP contribution is -2.44. The zero-order valence-electron chi connectivity index (χ0n) is 9.91. The van der Waals surface area contributed by atoms with Crippen molar-refractivity contribution in [1.29, 1.82) is 0 Å². The van der Waals surface area contributed by atoms with Crippen LogP contribution in [0.3, 0.4) is 0 Å². The number of aliphatic hydroxyl groups excluding tert-OH is 2. The van der Waals surface area contributed by atoms with E-state index in [4.69, 9.17) is 10.2 Å². The Labute approximate surface area is 103 Å². The number of amides is 1. The highest BCUT2D eigenvalue weighted by molar-refractivity contribution is 5.79. The van der Waals surface area contributed by atoms with E-state index < -0.39 is 24.1 Å². The van der Waals surface area contributed by atoms with Gasteiger partial charge in [0.05, 0.1) is 25.2 Å². The average molecular weight is 269 g/mol. The highest BCUT2D eigenvalue weighted by Crippen LogP contribution is 2.39. The summed E-state index contributed by atoms with van der Waals surface area (Å²) in [7, 11) is 0. The van der Waals surface area contributed by atoms with Crippen molar-refractivity contribution in [3.05, 3.63) is 0 Å². The molecule has 1 aliphatic rings. The van der Waals surface area contributed by atoms with Crippen LogP contribution in [-0.4, -0.2) is 41.6 Å². The molecule has 1 rings (SSSR count). The summed E-state index contributed by atoms with van der Waals surface area (Å²) in [6.45, 7) is -0.778. The smallest absolute Gasteiger partial charge is 0.391 e. The van der Waals surface area contributed by atoms with Crippen LogP contribution >= 0.6 is 0 Å². The van der Waals surface area contributed by atoms with Crippen LogP contribution in [0.2, 0.25) is 0 Å². The van der Waals surface area contributed by atoms with Gasteiger partial charge in [0.1, 0.15) is 0 Å². The normalized spacial score (nSPS) is 25.2. The lowest BCUT2D eigenvalue weighted by atomic mass is 9.81. The number of alkyl halides is 3. The maximum absolute atomic E-state index is 12.4. The van der Waals surface area contributed by atoms with Crippen LogP contribution in [0.25, 0.3) is 0 Å². The number of carbonyl (C=O) groups excluding carboxylic acids is 1. The van der Waals surface area contributed by atoms with Crippen LogP contribution in [0.1, 0.15) is 25.7 Å². The monoisotopic (exact) mass is 269 g/mol. The van der Waals surface area contributed by atoms with Gasteiger partial charge in [0.15, 0.2) is 0 Å². The Hall–Kier alpha value is -0.820. The predicted octanol–water partition coefficient (Wildman–Crippen LogP) is 0.824. The Morgan fingerprint density at radius 2 is 1.67 bits per heavy atom. The maximum atomic E-state index is 12.4. The molecular weight excluding hydrogens is 251 g/mol. The molecule has 1 amide bonds. The molecule has 1 saturated carbocycles. The van der Waals surface area contributed by atoms with Crippen LogP contribution in [0.15, 0.2) is 0 Å². The lowest BCUT2D eigenvalue weighted by molar-refractivity contribution is -0.184. The van der Waals surface area contributed by atoms with Gasteiger partial charge < -0.3 is 15.5 Å². The second kappa shape index (κ2) is 6.38. The van der Waals surface area contributed by atoms with Crippen LogP contribution in [0.5, 0.6) is 0 Å². The molecule has 0 radical (unpaired) electrons. The van der Waals surface area contributed by atoms with Crippen LogP contribution in [0.4, 0.5) is 13.2 Å². The summed E-state index contributed by atoms with van der Waals surface area (Å²) in [6.07, 6.45) is -3.87. The molecule has 3 N–H and O–H groups in total. The van der Waals surface area contributed by atoms with E-state index in [0.29, 0.717) is 0 Å². The largest absolute Gasteiger partial charge is 0.394 e. The first-order valence-corrected chi connectivity index (χ1v) is 5.97. The van der Waals surface area contributed by atoms with E-state index in [0.717, 1.165) is 0 Å². The zero-order valence-corrected chi connectivity index (χ0v) is 9.91. The minimum absolute atomic E-state index is 0.0372. The molecule has 4 nitrogen and oxygen atoms in total. The fraction of sp³-hybridized carbons (Fsp3) is 0.909. The van der Waals surface area contributed by atoms with Gasteiger partial charge in [-0.2, -0.15) is 13.2 Å². The Morgan fingerprint density at radius 3 is 2.06 bits per heavy atom. The van der Waals surface area contributed by atoms with Crippen molar-refractivity contribution in [3.63, 3.8) is 0 Å². The number of hydrogen-bond acceptors (Lipinski definition) is 3. The summed E-state index contributed by atoms with van der Waals surface area (Å²) in [6, 6.07) is -0.738. The SMILES string of the molecule is O=C(NC(CO)CO)C1CCC(C(F)(F)F)CC1. The summed E-state index contributed by atoms with van der Waals surface area (Å²) in [5.41, 5.74) is 0. The van der Waals surface area contributed by atoms with Crippen molar-refractivity contribution < 1.29 is 28.2 Å². The van der Waals surface area contributed by atoms with Gasteiger partial charge >= 0.3 is 6.18 Å². The first kappa shape index (κ1) is 15.2. The quantitative estimate of drug-likeness (QED) is 0.708. The summed E-state index contributed by atoms with van der Waals surface area (Å²) < 4.78 is 37.3. The summed E-state index contributed by atoms with van der Waals surface area (Å²) >= 11 is 0. The van der Waals surface area contributed by atoms with Gasteiger partial charge in [0.2, 0.25) is 5.91 Å². The highest BCUT2D eigenvalue weighted by Gasteiger charge is 2.42. The first-order chi connectivity index (χ1) is 8.38. The van der Waals surface area contributed by atoms with Crippen molar-refractivity contribution in [2.45, 2.75) is 37.9 Å². The summed E-state index contributed by atoms with van der Waals surface area (Å²) in [4.78, 5) is 11.7. The Balaban J connectivity index is 2.41. The van der Waals surface area contributed by atoms with E-state index in [1.807, 2.05) is 0 Å². The molecule has 0 heterocycles. The highest BCUT2D eigenvalue weighted by atomic mass is 19.4. The Morgan fingerprint density at radius 1 is 1.17 bits per heavy atom. The number of nitrogens with one attached hydrogen (secondary N) is 1. The zero-order chi connectivity index (χ0) is 13.8. The molecule has 0 aromatic carbocycles. The molecule has 1 aliphatic carbocycles. The van der Waals surface area contributed by atoms with Gasteiger partial charge in [-0.25, -0.2) is 0 Å². The second-order valence-corrected chi connectivity index (χ2v) is 4.66. The van der Waals surface area contributed by atoms with E-state index in [2.05, 4.69) is 5.32 Å². The molecule has 7 heteroatoms. The van der Waals surface area contributed by atoms with Crippen LogP contribution in [0, 0.1) is 11.8 Å². The van der Waals surface area contributed by atoms with Crippen molar-refractivity contribution >= 4 is 5.91 Å². The van der Waals surface area contributed by atoms with E-state index in [-0.39, 0.29) is 44.8 Å². The molecule has 0 unspecified atom stereocenters. The van der Waals surface area contributed by atoms with Crippen molar-refractivity contribution in [2.75, 3.05) is 13.2 Å². The number of hydrogen-bond donors (Lipinski definition) is 3. The summed E-state index contributed by atoms with van der Waals surface area (Å²) in [5.74, 6) is -2.15. The fourth-order valence-corrected chi connectivity index (χ4v) is 2.15. The third kappa shape index (κ3) is 4.13. The standard InChI is InChI=1S/C11H18F3NO3/c12-11(13,14)8-3-1-7(2-4-8)10(18)15-9(5-16)6-17/h7-9,16-17H,1-6H2,(H,15,18). The molecule has 18 heavy (non-hydrogen) atoms. The van der Waals surface area contributed by atoms with E-state index in [9.17, 15) is 18.0 Å². The van der Waals surface area contributed by atoms with Crippen LogP contribution < -0.4 is 5.32 Å². The van der Waals surface area contributed by atoms with Gasteiger partial charge in [-0.3, -0.25) is 4.79 Å². The minimum Gasteiger partial charge on any atom is -0.394 e. The fourth-order valence-electron chi connectivity index (χ4n) is 2.15. The molecule has 0 aliphatic heterocycles. The number of halogens is 3. The number of aliphatic hydroxyl groups is 2. The van der Waals surface area contributed by atoms with Crippen molar-refractivity contribution in [2.24, 2.45) is 11.8 Å². The molecule has 0 bridgehead atoms. The molecule has 0 aromatic rings. The third-order valence-electron chi connectivity index (χ3n) is 3.35. The Kier molecular flexibility index (Phi) is 5.40. The van der Waals surface area contributed by atoms with Crippen molar-refractivity contribution in [1.82, 2.24) is 5.32 Å². The van der Waals surface area contributed by atoms with Gasteiger partial charge in [-0.1, -0.05) is 0 Å². The number of carbonyl (C=O) groups is 1. The second-order valence-electron chi connectivity index (χ2n) is 4.66. The molecule has 106 valence electrons. The number of rotatable bonds is 4. The molecule has 1 fully saturated rings. The van der Waals surface area contributed by atoms with Crippen molar-refractivity contribution in [3.8, 4) is 0 Å². The molecule has 0 spiro atoms. The molecular formula is C11H18F3NO3. The lowest BCUT2D eigenvalue weighted by Gasteiger charge is -2.29. The van der Waals surface area contributed by atoms with Crippen LogP contribution in [-0.2, 0) is 4.79 Å². The van der Waals surface area contributed by atoms with Gasteiger partial charge in [-0.05, 0) is 25.7 Å². The van der Waals surface area contributed by atoms with E-state index in [1.54, 1.807) is 0 Å². The molecule has 0 atom stereocenters. The Bertz CT molecular complexity index is 271. The summed E-state index contributed by atoms with van der Waals surface area (Å²) in [5, 5.41) is 20.0. The van der Waals surface area contributed by atoms with Gasteiger partial charge in [-0.15, -0.1) is 0 Å². The maximum Gasteiger partial charge on any atom is 0.391 e. The van der Waals surface area contributed by atoms with E-state index >= 15 is 0 Å². The first-order valence-electron chi connectivity index (χ1n) is 5.97. The minimum atomic E-state index is -4.18.